The average Bonchev–Trinajstić information content (AvgIpc) is 2.23. The van der Waals surface area contributed by atoms with Crippen LogP contribution in [0.4, 0.5) is 10.1 Å². The molecule has 16 heavy (non-hydrogen) atoms. The molecule has 1 aromatic rings. The van der Waals surface area contributed by atoms with E-state index in [2.05, 4.69) is 12.3 Å². The summed E-state index contributed by atoms with van der Waals surface area (Å²) in [6, 6.07) is 1.36. The third-order valence-electron chi connectivity index (χ3n) is 2.60. The molecule has 2 nitrogen and oxygen atoms in total. The highest BCUT2D eigenvalue weighted by Crippen LogP contribution is 2.35. The molecule has 0 spiro atoms. The normalized spacial score (nSPS) is 10.9. The molecule has 0 aliphatic rings. The number of nitrogen functional groups attached to an aromatic ring is 1. The lowest BCUT2D eigenvalue weighted by molar-refractivity contribution is 0.622. The van der Waals surface area contributed by atoms with Crippen molar-refractivity contribution >= 4 is 17.3 Å². The zero-order valence-electron chi connectivity index (χ0n) is 9.90. The SMILES string of the molecule is CCCc1c(NN)cc(F)c(Cl)c1C(C)C. The Morgan fingerprint density at radius 3 is 2.56 bits per heavy atom. The van der Waals surface area contributed by atoms with Crippen LogP contribution in [0, 0.1) is 5.82 Å². The summed E-state index contributed by atoms with van der Waals surface area (Å²) in [7, 11) is 0. The minimum atomic E-state index is -0.418. The highest BCUT2D eigenvalue weighted by Gasteiger charge is 2.18. The molecule has 1 rings (SSSR count). The fraction of sp³-hybridized carbons (Fsp3) is 0.500. The molecule has 0 aromatic heterocycles. The van der Waals surface area contributed by atoms with Crippen LogP contribution < -0.4 is 11.3 Å². The van der Waals surface area contributed by atoms with Gasteiger partial charge in [-0.25, -0.2) is 4.39 Å². The van der Waals surface area contributed by atoms with Gasteiger partial charge in [-0.15, -0.1) is 0 Å². The third-order valence-corrected chi connectivity index (χ3v) is 2.98. The molecule has 0 aliphatic heterocycles. The van der Waals surface area contributed by atoms with Crippen LogP contribution in [0.5, 0.6) is 0 Å². The largest absolute Gasteiger partial charge is 0.324 e. The Balaban J connectivity index is 3.44. The van der Waals surface area contributed by atoms with Crippen LogP contribution in [-0.2, 0) is 6.42 Å². The van der Waals surface area contributed by atoms with Gasteiger partial charge in [0.15, 0.2) is 0 Å². The van der Waals surface area contributed by atoms with E-state index in [1.807, 2.05) is 13.8 Å². The van der Waals surface area contributed by atoms with Crippen molar-refractivity contribution in [2.45, 2.75) is 39.5 Å². The first-order valence-corrected chi connectivity index (χ1v) is 5.88. The fourth-order valence-corrected chi connectivity index (χ4v) is 2.32. The standard InChI is InChI=1S/C12H18ClFN2/c1-4-5-8-10(16-15)6-9(14)12(13)11(8)7(2)3/h6-7,16H,4-5,15H2,1-3H3. The second-order valence-electron chi connectivity index (χ2n) is 4.16. The fourth-order valence-electron chi connectivity index (χ4n) is 1.93. The highest BCUT2D eigenvalue weighted by atomic mass is 35.5. The van der Waals surface area contributed by atoms with Crippen LogP contribution in [0.2, 0.25) is 5.02 Å². The molecule has 3 N–H and O–H groups in total. The molecule has 0 unspecified atom stereocenters. The number of halogens is 2. The van der Waals surface area contributed by atoms with Gasteiger partial charge in [0, 0.05) is 6.07 Å². The first-order chi connectivity index (χ1) is 7.52. The Labute approximate surface area is 101 Å². The number of hydrazine groups is 1. The minimum absolute atomic E-state index is 0.178. The van der Waals surface area contributed by atoms with Crippen molar-refractivity contribution in [3.05, 3.63) is 28.0 Å². The smallest absolute Gasteiger partial charge is 0.144 e. The molecule has 1 aromatic carbocycles. The molecule has 0 saturated heterocycles. The molecular weight excluding hydrogens is 227 g/mol. The lowest BCUT2D eigenvalue weighted by Gasteiger charge is -2.19. The Bertz CT molecular complexity index is 378. The van der Waals surface area contributed by atoms with E-state index in [1.54, 1.807) is 0 Å². The summed E-state index contributed by atoms with van der Waals surface area (Å²) in [6.45, 7) is 6.07. The molecule has 0 atom stereocenters. The number of hydrogen-bond donors (Lipinski definition) is 2. The van der Waals surface area contributed by atoms with E-state index < -0.39 is 5.82 Å². The van der Waals surface area contributed by atoms with Gasteiger partial charge in [0.1, 0.15) is 5.82 Å². The van der Waals surface area contributed by atoms with Gasteiger partial charge in [-0.3, -0.25) is 5.84 Å². The predicted octanol–water partition coefficient (Wildman–Crippen LogP) is 3.84. The van der Waals surface area contributed by atoms with Crippen molar-refractivity contribution in [1.29, 1.82) is 0 Å². The molecular formula is C12H18ClFN2. The summed E-state index contributed by atoms with van der Waals surface area (Å²) in [5, 5.41) is 0.220. The molecule has 4 heteroatoms. The molecule has 0 saturated carbocycles. The van der Waals surface area contributed by atoms with Gasteiger partial charge in [0.25, 0.3) is 0 Å². The molecule has 90 valence electrons. The van der Waals surface area contributed by atoms with E-state index in [0.29, 0.717) is 5.69 Å². The maximum absolute atomic E-state index is 13.6. The zero-order chi connectivity index (χ0) is 12.3. The lowest BCUT2D eigenvalue weighted by Crippen LogP contribution is -2.12. The van der Waals surface area contributed by atoms with Gasteiger partial charge in [-0.1, -0.05) is 38.8 Å². The van der Waals surface area contributed by atoms with Gasteiger partial charge >= 0.3 is 0 Å². The van der Waals surface area contributed by atoms with Gasteiger partial charge in [-0.05, 0) is 23.5 Å². The lowest BCUT2D eigenvalue weighted by atomic mass is 9.93. The van der Waals surface area contributed by atoms with Crippen molar-refractivity contribution in [2.75, 3.05) is 5.43 Å². The summed E-state index contributed by atoms with van der Waals surface area (Å²) >= 11 is 6.01. The maximum Gasteiger partial charge on any atom is 0.144 e. The van der Waals surface area contributed by atoms with Crippen LogP contribution in [0.15, 0.2) is 6.07 Å². The van der Waals surface area contributed by atoms with Crippen LogP contribution >= 0.6 is 11.6 Å². The highest BCUT2D eigenvalue weighted by molar-refractivity contribution is 6.31. The number of anilines is 1. The van der Waals surface area contributed by atoms with Crippen molar-refractivity contribution < 1.29 is 4.39 Å². The number of hydrogen-bond acceptors (Lipinski definition) is 2. The summed E-state index contributed by atoms with van der Waals surface area (Å²) in [6.07, 6.45) is 1.81. The first-order valence-electron chi connectivity index (χ1n) is 5.50. The predicted molar refractivity (Wildman–Crippen MR) is 67.3 cm³/mol. The second kappa shape index (κ2) is 5.51. The minimum Gasteiger partial charge on any atom is -0.324 e. The zero-order valence-corrected chi connectivity index (χ0v) is 10.7. The molecule has 0 bridgehead atoms. The van der Waals surface area contributed by atoms with Crippen molar-refractivity contribution in [3.8, 4) is 0 Å². The van der Waals surface area contributed by atoms with Crippen LogP contribution in [0.25, 0.3) is 0 Å². The van der Waals surface area contributed by atoms with E-state index in [4.69, 9.17) is 17.4 Å². The summed E-state index contributed by atoms with van der Waals surface area (Å²) < 4.78 is 13.6. The maximum atomic E-state index is 13.6. The first kappa shape index (κ1) is 13.3. The van der Waals surface area contributed by atoms with Gasteiger partial charge in [-0.2, -0.15) is 0 Å². The van der Waals surface area contributed by atoms with E-state index in [9.17, 15) is 4.39 Å². The molecule has 0 aliphatic carbocycles. The van der Waals surface area contributed by atoms with E-state index in [0.717, 1.165) is 24.0 Å². The van der Waals surface area contributed by atoms with Crippen molar-refractivity contribution in [2.24, 2.45) is 5.84 Å². The number of benzene rings is 1. The van der Waals surface area contributed by atoms with Crippen LogP contribution in [-0.4, -0.2) is 0 Å². The Hall–Kier alpha value is -0.800. The average molecular weight is 245 g/mol. The summed E-state index contributed by atoms with van der Waals surface area (Å²) in [5.74, 6) is 5.17. The molecule has 0 fully saturated rings. The van der Waals surface area contributed by atoms with Gasteiger partial charge in [0.2, 0.25) is 0 Å². The van der Waals surface area contributed by atoms with Crippen molar-refractivity contribution in [3.63, 3.8) is 0 Å². The van der Waals surface area contributed by atoms with Crippen LogP contribution in [0.3, 0.4) is 0 Å². The third kappa shape index (κ3) is 2.47. The quantitative estimate of drug-likeness (QED) is 0.624. The number of rotatable bonds is 4. The van der Waals surface area contributed by atoms with Gasteiger partial charge < -0.3 is 5.43 Å². The monoisotopic (exact) mass is 244 g/mol. The molecule has 0 amide bonds. The summed E-state index contributed by atoms with van der Waals surface area (Å²) in [5.41, 5.74) is 5.05. The summed E-state index contributed by atoms with van der Waals surface area (Å²) in [4.78, 5) is 0. The second-order valence-corrected chi connectivity index (χ2v) is 4.54. The van der Waals surface area contributed by atoms with E-state index in [1.165, 1.54) is 6.07 Å². The van der Waals surface area contributed by atoms with Gasteiger partial charge in [0.05, 0.1) is 10.7 Å². The van der Waals surface area contributed by atoms with E-state index >= 15 is 0 Å². The Morgan fingerprint density at radius 2 is 2.12 bits per heavy atom. The topological polar surface area (TPSA) is 38.0 Å². The molecule has 0 radical (unpaired) electrons. The van der Waals surface area contributed by atoms with Crippen LogP contribution in [0.1, 0.15) is 44.2 Å². The Morgan fingerprint density at radius 1 is 1.50 bits per heavy atom. The number of nitrogens with one attached hydrogen (secondary N) is 1. The number of nitrogens with two attached hydrogens (primary N) is 1. The van der Waals surface area contributed by atoms with Crippen molar-refractivity contribution in [1.82, 2.24) is 0 Å². The molecule has 0 heterocycles. The van der Waals surface area contributed by atoms with E-state index in [-0.39, 0.29) is 10.9 Å². The Kier molecular flexibility index (Phi) is 4.56.